The molecule has 1 rings (SSSR count). The summed E-state index contributed by atoms with van der Waals surface area (Å²) in [7, 11) is 3.40. The van der Waals surface area contributed by atoms with Gasteiger partial charge in [-0.05, 0) is 40.9 Å². The minimum Gasteiger partial charge on any atom is -0.497 e. The molecular formula is C12H18BrNO2. The molecule has 0 saturated carbocycles. The van der Waals surface area contributed by atoms with E-state index >= 15 is 0 Å². The van der Waals surface area contributed by atoms with Crippen molar-refractivity contribution in [1.29, 1.82) is 0 Å². The second-order valence-corrected chi connectivity index (χ2v) is 4.33. The van der Waals surface area contributed by atoms with Gasteiger partial charge in [0.05, 0.1) is 12.8 Å². The third-order valence-electron chi connectivity index (χ3n) is 2.26. The van der Waals surface area contributed by atoms with Gasteiger partial charge in [0, 0.05) is 30.8 Å². The summed E-state index contributed by atoms with van der Waals surface area (Å²) in [6.07, 6.45) is 2.17. The Hall–Kier alpha value is -0.740. The second-order valence-electron chi connectivity index (χ2n) is 3.47. The molecule has 0 bridgehead atoms. The largest absolute Gasteiger partial charge is 0.497 e. The first-order valence-corrected chi connectivity index (χ1v) is 6.13. The molecule has 0 aliphatic carbocycles. The molecule has 1 aromatic carbocycles. The molecule has 16 heavy (non-hydrogen) atoms. The number of ether oxygens (including phenoxy) is 2. The molecule has 0 spiro atoms. The van der Waals surface area contributed by atoms with Crippen LogP contribution in [0.15, 0.2) is 22.7 Å². The minimum atomic E-state index is 0.820. The van der Waals surface area contributed by atoms with Gasteiger partial charge in [-0.25, -0.2) is 0 Å². The predicted octanol–water partition coefficient (Wildman–Crippen LogP) is 3.30. The van der Waals surface area contributed by atoms with Crippen molar-refractivity contribution in [3.8, 4) is 5.75 Å². The van der Waals surface area contributed by atoms with E-state index in [0.717, 1.165) is 41.9 Å². The molecule has 0 aromatic heterocycles. The SMILES string of the molecule is COCCCCNc1cc(OC)ccc1Br. The Morgan fingerprint density at radius 1 is 1.25 bits per heavy atom. The molecule has 3 nitrogen and oxygen atoms in total. The Bertz CT molecular complexity index is 318. The Morgan fingerprint density at radius 2 is 2.06 bits per heavy atom. The zero-order valence-corrected chi connectivity index (χ0v) is 11.3. The Balaban J connectivity index is 2.40. The number of anilines is 1. The summed E-state index contributed by atoms with van der Waals surface area (Å²) in [5, 5.41) is 3.36. The number of halogens is 1. The van der Waals surface area contributed by atoms with E-state index in [9.17, 15) is 0 Å². The molecule has 0 fully saturated rings. The lowest BCUT2D eigenvalue weighted by atomic mass is 10.2. The van der Waals surface area contributed by atoms with Gasteiger partial charge in [0.1, 0.15) is 5.75 Å². The molecule has 0 heterocycles. The molecule has 1 aromatic rings. The number of methoxy groups -OCH3 is 2. The van der Waals surface area contributed by atoms with Crippen molar-refractivity contribution in [3.05, 3.63) is 22.7 Å². The van der Waals surface area contributed by atoms with Crippen LogP contribution in [0.4, 0.5) is 5.69 Å². The Labute approximate surface area is 105 Å². The number of benzene rings is 1. The standard InChI is InChI=1S/C12H18BrNO2/c1-15-8-4-3-7-14-12-9-10(16-2)5-6-11(12)13/h5-6,9,14H,3-4,7-8H2,1-2H3. The molecule has 0 aliphatic heterocycles. The van der Waals surface area contributed by atoms with Gasteiger partial charge in [-0.2, -0.15) is 0 Å². The number of hydrogen-bond acceptors (Lipinski definition) is 3. The monoisotopic (exact) mass is 287 g/mol. The van der Waals surface area contributed by atoms with Gasteiger partial charge in [0.2, 0.25) is 0 Å². The van der Waals surface area contributed by atoms with Gasteiger partial charge in [0.15, 0.2) is 0 Å². The van der Waals surface area contributed by atoms with Crippen LogP contribution in [0.3, 0.4) is 0 Å². The van der Waals surface area contributed by atoms with Gasteiger partial charge in [-0.15, -0.1) is 0 Å². The van der Waals surface area contributed by atoms with Gasteiger partial charge < -0.3 is 14.8 Å². The molecule has 1 N–H and O–H groups in total. The Morgan fingerprint density at radius 3 is 2.75 bits per heavy atom. The molecule has 4 heteroatoms. The van der Waals surface area contributed by atoms with Gasteiger partial charge in [0.25, 0.3) is 0 Å². The number of rotatable bonds is 7. The van der Waals surface area contributed by atoms with Crippen LogP contribution >= 0.6 is 15.9 Å². The maximum absolute atomic E-state index is 5.17. The number of hydrogen-bond donors (Lipinski definition) is 1. The van der Waals surface area contributed by atoms with Crippen LogP contribution in [0, 0.1) is 0 Å². The minimum absolute atomic E-state index is 0.820. The third kappa shape index (κ3) is 4.41. The van der Waals surface area contributed by atoms with E-state index in [1.54, 1.807) is 14.2 Å². The molecule has 90 valence electrons. The molecule has 0 radical (unpaired) electrons. The van der Waals surface area contributed by atoms with Crippen LogP contribution < -0.4 is 10.1 Å². The zero-order chi connectivity index (χ0) is 11.8. The maximum atomic E-state index is 5.17. The van der Waals surface area contributed by atoms with Crippen LogP contribution in [0.2, 0.25) is 0 Å². The summed E-state index contributed by atoms with van der Waals surface area (Å²) in [5.41, 5.74) is 1.07. The van der Waals surface area contributed by atoms with Crippen LogP contribution in [0.1, 0.15) is 12.8 Å². The van der Waals surface area contributed by atoms with E-state index in [1.165, 1.54) is 0 Å². The van der Waals surface area contributed by atoms with E-state index in [0.29, 0.717) is 0 Å². The third-order valence-corrected chi connectivity index (χ3v) is 2.96. The highest BCUT2D eigenvalue weighted by Crippen LogP contribution is 2.26. The van der Waals surface area contributed by atoms with Crippen molar-refractivity contribution < 1.29 is 9.47 Å². The molecule has 0 saturated heterocycles. The van der Waals surface area contributed by atoms with E-state index in [4.69, 9.17) is 9.47 Å². The van der Waals surface area contributed by atoms with Crippen molar-refractivity contribution in [1.82, 2.24) is 0 Å². The molecular weight excluding hydrogens is 270 g/mol. The first-order valence-electron chi connectivity index (χ1n) is 5.34. The summed E-state index contributed by atoms with van der Waals surface area (Å²) >= 11 is 3.50. The van der Waals surface area contributed by atoms with Gasteiger partial charge in [-0.1, -0.05) is 0 Å². The van der Waals surface area contributed by atoms with Gasteiger partial charge >= 0.3 is 0 Å². The molecule has 0 amide bonds. The van der Waals surface area contributed by atoms with Crippen LogP contribution in [0.25, 0.3) is 0 Å². The fourth-order valence-corrected chi connectivity index (χ4v) is 1.75. The van der Waals surface area contributed by atoms with Crippen LogP contribution in [-0.2, 0) is 4.74 Å². The smallest absolute Gasteiger partial charge is 0.121 e. The average Bonchev–Trinajstić information content (AvgIpc) is 2.31. The highest BCUT2D eigenvalue weighted by Gasteiger charge is 2.00. The topological polar surface area (TPSA) is 30.5 Å². The second kappa shape index (κ2) is 7.52. The summed E-state index contributed by atoms with van der Waals surface area (Å²) in [6.45, 7) is 1.76. The molecule has 0 unspecified atom stereocenters. The van der Waals surface area contributed by atoms with Crippen molar-refractivity contribution in [2.24, 2.45) is 0 Å². The van der Waals surface area contributed by atoms with Crippen LogP contribution in [-0.4, -0.2) is 27.4 Å². The van der Waals surface area contributed by atoms with Gasteiger partial charge in [-0.3, -0.25) is 0 Å². The van der Waals surface area contributed by atoms with E-state index in [1.807, 2.05) is 18.2 Å². The molecule has 0 aliphatic rings. The van der Waals surface area contributed by atoms with Crippen molar-refractivity contribution in [3.63, 3.8) is 0 Å². The normalized spacial score (nSPS) is 10.2. The zero-order valence-electron chi connectivity index (χ0n) is 9.75. The molecule has 0 atom stereocenters. The lowest BCUT2D eigenvalue weighted by Crippen LogP contribution is -2.03. The fourth-order valence-electron chi connectivity index (χ4n) is 1.36. The number of unbranched alkanes of at least 4 members (excludes halogenated alkanes) is 1. The van der Waals surface area contributed by atoms with Crippen molar-refractivity contribution >= 4 is 21.6 Å². The van der Waals surface area contributed by atoms with Crippen LogP contribution in [0.5, 0.6) is 5.75 Å². The van der Waals surface area contributed by atoms with Crippen molar-refractivity contribution in [2.75, 3.05) is 32.7 Å². The Kier molecular flexibility index (Phi) is 6.26. The lowest BCUT2D eigenvalue weighted by molar-refractivity contribution is 0.194. The lowest BCUT2D eigenvalue weighted by Gasteiger charge is -2.10. The maximum Gasteiger partial charge on any atom is 0.121 e. The van der Waals surface area contributed by atoms with Crippen molar-refractivity contribution in [2.45, 2.75) is 12.8 Å². The summed E-state index contributed by atoms with van der Waals surface area (Å²) in [5.74, 6) is 0.864. The average molecular weight is 288 g/mol. The predicted molar refractivity (Wildman–Crippen MR) is 70.3 cm³/mol. The first kappa shape index (κ1) is 13.3. The fraction of sp³-hybridized carbons (Fsp3) is 0.500. The summed E-state index contributed by atoms with van der Waals surface area (Å²) < 4.78 is 11.2. The number of nitrogens with one attached hydrogen (secondary N) is 1. The highest BCUT2D eigenvalue weighted by atomic mass is 79.9. The summed E-state index contributed by atoms with van der Waals surface area (Å²) in [6, 6.07) is 5.90. The first-order chi connectivity index (χ1) is 7.77. The van der Waals surface area contributed by atoms with E-state index < -0.39 is 0 Å². The van der Waals surface area contributed by atoms with E-state index in [2.05, 4.69) is 21.2 Å². The van der Waals surface area contributed by atoms with E-state index in [-0.39, 0.29) is 0 Å². The quantitative estimate of drug-likeness (QED) is 0.781. The highest BCUT2D eigenvalue weighted by molar-refractivity contribution is 9.10. The summed E-state index contributed by atoms with van der Waals surface area (Å²) in [4.78, 5) is 0.